The smallest absolute Gasteiger partial charge is 0.328 e. The van der Waals surface area contributed by atoms with Crippen molar-refractivity contribution in [1.29, 1.82) is 0 Å². The fourth-order valence-corrected chi connectivity index (χ4v) is 6.10. The number of hydrogen-bond donors (Lipinski definition) is 2. The van der Waals surface area contributed by atoms with E-state index in [4.69, 9.17) is 18.7 Å². The predicted molar refractivity (Wildman–Crippen MR) is 122 cm³/mol. The van der Waals surface area contributed by atoms with Gasteiger partial charge in [-0.15, -0.1) is 0 Å². The summed E-state index contributed by atoms with van der Waals surface area (Å²) in [6.45, 7) is 3.52. The van der Waals surface area contributed by atoms with E-state index in [0.29, 0.717) is 5.56 Å². The number of nitrogens with one attached hydrogen (secondary N) is 2. The van der Waals surface area contributed by atoms with E-state index < -0.39 is 53.4 Å². The highest BCUT2D eigenvalue weighted by Crippen LogP contribution is 2.50. The van der Waals surface area contributed by atoms with Crippen molar-refractivity contribution in [3.63, 3.8) is 0 Å². The van der Waals surface area contributed by atoms with Gasteiger partial charge in [-0.25, -0.2) is 9.18 Å². The molecule has 4 aliphatic rings. The highest BCUT2D eigenvalue weighted by atomic mass is 19.1. The van der Waals surface area contributed by atoms with Crippen LogP contribution >= 0.6 is 0 Å². The Morgan fingerprint density at radius 2 is 1.95 bits per heavy atom. The van der Waals surface area contributed by atoms with E-state index >= 15 is 4.39 Å². The van der Waals surface area contributed by atoms with Gasteiger partial charge in [-0.1, -0.05) is 5.16 Å². The molecule has 0 saturated carbocycles. The summed E-state index contributed by atoms with van der Waals surface area (Å²) in [6, 6.07) is -0.261. The van der Waals surface area contributed by atoms with Crippen molar-refractivity contribution in [2.45, 2.75) is 44.7 Å². The number of benzene rings is 1. The highest BCUT2D eigenvalue weighted by Gasteiger charge is 2.63. The van der Waals surface area contributed by atoms with E-state index in [1.54, 1.807) is 24.8 Å². The molecule has 5 amide bonds. The number of aromatic nitrogens is 1. The molecule has 0 unspecified atom stereocenters. The summed E-state index contributed by atoms with van der Waals surface area (Å²) < 4.78 is 38.1. The van der Waals surface area contributed by atoms with Crippen LogP contribution in [0.5, 0.6) is 0 Å². The maximum Gasteiger partial charge on any atom is 0.328 e. The summed E-state index contributed by atoms with van der Waals surface area (Å²) in [7, 11) is 1.45. The number of urea groups is 1. The number of rotatable bonds is 3. The van der Waals surface area contributed by atoms with Gasteiger partial charge in [-0.2, -0.15) is 0 Å². The molecule has 37 heavy (non-hydrogen) atoms. The van der Waals surface area contributed by atoms with Crippen molar-refractivity contribution < 1.29 is 42.3 Å². The van der Waals surface area contributed by atoms with Gasteiger partial charge in [0.1, 0.15) is 6.61 Å². The zero-order chi connectivity index (χ0) is 26.2. The molecule has 4 aliphatic heterocycles. The van der Waals surface area contributed by atoms with Crippen molar-refractivity contribution in [3.05, 3.63) is 17.4 Å². The van der Waals surface area contributed by atoms with Gasteiger partial charge in [0.2, 0.25) is 17.4 Å². The lowest BCUT2D eigenvalue weighted by Gasteiger charge is -2.55. The summed E-state index contributed by atoms with van der Waals surface area (Å²) in [5.41, 5.74) is -1.48. The molecule has 196 valence electrons. The number of nitrogens with zero attached hydrogens (tertiary/aromatic N) is 3. The number of halogens is 1. The Morgan fingerprint density at radius 3 is 2.65 bits per heavy atom. The van der Waals surface area contributed by atoms with Crippen molar-refractivity contribution >= 4 is 46.2 Å². The van der Waals surface area contributed by atoms with E-state index in [9.17, 15) is 19.2 Å². The zero-order valence-corrected chi connectivity index (χ0v) is 20.2. The van der Waals surface area contributed by atoms with Crippen LogP contribution in [0.25, 0.3) is 11.0 Å². The number of methoxy groups -OCH3 is 1. The average molecular weight is 517 g/mol. The number of barbiturate groups is 1. The highest BCUT2D eigenvalue weighted by molar-refractivity contribution is 6.20. The van der Waals surface area contributed by atoms with Crippen LogP contribution in [0.15, 0.2) is 10.6 Å². The van der Waals surface area contributed by atoms with Crippen molar-refractivity contribution in [2.75, 3.05) is 36.7 Å². The molecule has 6 rings (SSSR count). The van der Waals surface area contributed by atoms with Crippen LogP contribution in [-0.2, 0) is 35.0 Å². The molecule has 0 bridgehead atoms. The maximum atomic E-state index is 16.2. The number of carbonyl (C=O) groups is 4. The lowest BCUT2D eigenvalue weighted by molar-refractivity contribution is -0.153. The molecule has 2 aromatic rings. The average Bonchev–Trinajstić information content (AvgIpc) is 3.40. The Morgan fingerprint density at radius 1 is 1.22 bits per heavy atom. The minimum atomic E-state index is -1.77. The molecule has 4 atom stereocenters. The monoisotopic (exact) mass is 517 g/mol. The van der Waals surface area contributed by atoms with Gasteiger partial charge in [-0.3, -0.25) is 29.9 Å². The summed E-state index contributed by atoms with van der Waals surface area (Å²) in [6.07, 6.45) is -2.02. The predicted octanol–water partition coefficient (Wildman–Crippen LogP) is 0.193. The van der Waals surface area contributed by atoms with Crippen LogP contribution < -0.4 is 20.4 Å². The second kappa shape index (κ2) is 8.19. The lowest BCUT2D eigenvalue weighted by atomic mass is 9.66. The van der Waals surface area contributed by atoms with Gasteiger partial charge in [0.25, 0.3) is 5.91 Å². The SMILES string of the molecule is COC[C@@H]1OCC(=O)N1c1noc2c(F)c3c(cc12)CC1(C(=O)NC(=O)NC1=O)[C@H]1[C@H](C)O[C@H](C)CN31. The van der Waals surface area contributed by atoms with E-state index in [1.807, 2.05) is 0 Å². The molecule has 0 aliphatic carbocycles. The molecule has 1 aromatic heterocycles. The van der Waals surface area contributed by atoms with Crippen molar-refractivity contribution in [3.8, 4) is 0 Å². The zero-order valence-electron chi connectivity index (χ0n) is 20.2. The van der Waals surface area contributed by atoms with E-state index in [2.05, 4.69) is 15.8 Å². The fourth-order valence-electron chi connectivity index (χ4n) is 6.10. The number of hydrogen-bond acceptors (Lipinski definition) is 10. The largest absolute Gasteiger partial charge is 0.380 e. The fraction of sp³-hybridized carbons (Fsp3) is 0.522. The Hall–Kier alpha value is -3.62. The molecule has 2 N–H and O–H groups in total. The number of morpholine rings is 1. The molecule has 1 spiro atoms. The second-order valence-electron chi connectivity index (χ2n) is 9.70. The first kappa shape index (κ1) is 23.8. The molecular formula is C23H24FN5O8. The van der Waals surface area contributed by atoms with Crippen molar-refractivity contribution in [1.82, 2.24) is 15.8 Å². The van der Waals surface area contributed by atoms with Gasteiger partial charge < -0.3 is 23.6 Å². The maximum absolute atomic E-state index is 16.2. The summed E-state index contributed by atoms with van der Waals surface area (Å²) >= 11 is 0. The molecule has 0 radical (unpaired) electrons. The number of anilines is 2. The summed E-state index contributed by atoms with van der Waals surface area (Å²) in [4.78, 5) is 54.0. The van der Waals surface area contributed by atoms with Crippen molar-refractivity contribution in [2.24, 2.45) is 5.41 Å². The molecular weight excluding hydrogens is 493 g/mol. The van der Waals surface area contributed by atoms with E-state index in [-0.39, 0.29) is 54.8 Å². The molecule has 14 heteroatoms. The number of fused-ring (bicyclic) bond motifs is 5. The van der Waals surface area contributed by atoms with Gasteiger partial charge in [-0.05, 0) is 25.5 Å². The number of amides is 5. The van der Waals surface area contributed by atoms with Crippen LogP contribution in [-0.4, -0.2) is 80.3 Å². The molecule has 3 saturated heterocycles. The van der Waals surface area contributed by atoms with Gasteiger partial charge >= 0.3 is 6.03 Å². The minimum absolute atomic E-state index is 0.0360. The summed E-state index contributed by atoms with van der Waals surface area (Å²) in [5.74, 6) is -2.69. The molecule has 5 heterocycles. The Balaban J connectivity index is 1.55. The van der Waals surface area contributed by atoms with Crippen LogP contribution in [0.3, 0.4) is 0 Å². The Labute approximate surface area is 209 Å². The molecule has 3 fully saturated rings. The molecule has 1 aromatic carbocycles. The lowest BCUT2D eigenvalue weighted by Crippen LogP contribution is -2.75. The number of carbonyl (C=O) groups excluding carboxylic acids is 4. The standard InChI is InChI=1S/C23H24FN5O8/c1-9-6-28-16-11(5-23(18(28)10(2)36-9)20(31)25-22(33)26-21(23)32)4-12-17(15(16)24)37-27-19(12)29-13(30)7-35-14(29)8-34-3/h4,9-10,14,18H,5-8H2,1-3H3,(H2,25,26,31,32,33)/t9-,10+,14+,18-/m1/s1. The normalized spacial score (nSPS) is 29.0. The third-order valence-corrected chi connectivity index (χ3v) is 7.44. The van der Waals surface area contributed by atoms with Gasteiger partial charge in [0.15, 0.2) is 23.3 Å². The third kappa shape index (κ3) is 3.22. The van der Waals surface area contributed by atoms with E-state index in [0.717, 1.165) is 0 Å². The quantitative estimate of drug-likeness (QED) is 0.540. The number of ether oxygens (including phenoxy) is 3. The first-order valence-corrected chi connectivity index (χ1v) is 11.8. The van der Waals surface area contributed by atoms with Crippen LogP contribution in [0.4, 0.5) is 20.7 Å². The molecule has 13 nitrogen and oxygen atoms in total. The van der Waals surface area contributed by atoms with E-state index in [1.165, 1.54) is 12.0 Å². The van der Waals surface area contributed by atoms with Gasteiger partial charge in [0, 0.05) is 20.1 Å². The second-order valence-corrected chi connectivity index (χ2v) is 9.70. The third-order valence-electron chi connectivity index (χ3n) is 7.44. The number of imide groups is 2. The van der Waals surface area contributed by atoms with Crippen LogP contribution in [0, 0.1) is 11.2 Å². The first-order valence-electron chi connectivity index (χ1n) is 11.8. The van der Waals surface area contributed by atoms with Gasteiger partial charge in [0.05, 0.1) is 35.9 Å². The van der Waals surface area contributed by atoms with Crippen LogP contribution in [0.1, 0.15) is 19.4 Å². The minimum Gasteiger partial charge on any atom is -0.380 e. The topological polar surface area (TPSA) is 153 Å². The Bertz CT molecular complexity index is 1340. The Kier molecular flexibility index (Phi) is 5.26. The first-order chi connectivity index (χ1) is 17.7. The van der Waals surface area contributed by atoms with Crippen LogP contribution in [0.2, 0.25) is 0 Å². The summed E-state index contributed by atoms with van der Waals surface area (Å²) in [5, 5.41) is 8.54.